The zero-order valence-corrected chi connectivity index (χ0v) is 14.0. The summed E-state index contributed by atoms with van der Waals surface area (Å²) in [4.78, 5) is 12.6. The maximum Gasteiger partial charge on any atom is 0.232 e. The van der Waals surface area contributed by atoms with Crippen molar-refractivity contribution in [1.82, 2.24) is 0 Å². The van der Waals surface area contributed by atoms with Crippen molar-refractivity contribution in [3.63, 3.8) is 0 Å². The Morgan fingerprint density at radius 2 is 2.10 bits per heavy atom. The van der Waals surface area contributed by atoms with Crippen LogP contribution in [-0.4, -0.2) is 12.5 Å². The van der Waals surface area contributed by atoms with Crippen LogP contribution in [0.4, 0.5) is 11.4 Å². The highest BCUT2D eigenvalue weighted by atomic mass is 127. The maximum atomic E-state index is 12.6. The second kappa shape index (κ2) is 6.05. The molecule has 1 unspecified atom stereocenters. The molecular weight excluding hydrogens is 375 g/mol. The summed E-state index contributed by atoms with van der Waals surface area (Å²) >= 11 is 2.28. The predicted molar refractivity (Wildman–Crippen MR) is 94.8 cm³/mol. The van der Waals surface area contributed by atoms with E-state index in [0.717, 1.165) is 35.5 Å². The summed E-state index contributed by atoms with van der Waals surface area (Å²) in [5.41, 5.74) is 4.15. The Kier molecular flexibility index (Phi) is 4.14. The van der Waals surface area contributed by atoms with Crippen LogP contribution in [0.5, 0.6) is 0 Å². The topological polar surface area (TPSA) is 41.1 Å². The molecule has 3 rings (SSSR count). The minimum Gasteiger partial charge on any atom is -0.385 e. The first kappa shape index (κ1) is 14.4. The number of rotatable bonds is 2. The van der Waals surface area contributed by atoms with Crippen LogP contribution in [0.3, 0.4) is 0 Å². The SMILES string of the molecule is Cc1cc(I)ccc1NC(=O)C1CCNc2ccccc21. The number of aryl methyl sites for hydroxylation is 1. The van der Waals surface area contributed by atoms with Crippen LogP contribution < -0.4 is 10.6 Å². The maximum absolute atomic E-state index is 12.6. The Labute approximate surface area is 138 Å². The normalized spacial score (nSPS) is 16.8. The van der Waals surface area contributed by atoms with Crippen LogP contribution in [0.25, 0.3) is 0 Å². The van der Waals surface area contributed by atoms with E-state index >= 15 is 0 Å². The second-order valence-electron chi connectivity index (χ2n) is 5.30. The van der Waals surface area contributed by atoms with Crippen molar-refractivity contribution >= 4 is 39.9 Å². The number of carbonyl (C=O) groups is 1. The Morgan fingerprint density at radius 3 is 2.90 bits per heavy atom. The number of hydrogen-bond acceptors (Lipinski definition) is 2. The first-order chi connectivity index (χ1) is 10.1. The number of nitrogens with one attached hydrogen (secondary N) is 2. The van der Waals surface area contributed by atoms with E-state index in [1.165, 1.54) is 3.57 Å². The summed E-state index contributed by atoms with van der Waals surface area (Å²) in [5.74, 6) is -0.00520. The molecular formula is C17H17IN2O. The van der Waals surface area contributed by atoms with Gasteiger partial charge >= 0.3 is 0 Å². The molecule has 0 radical (unpaired) electrons. The van der Waals surface area contributed by atoms with Gasteiger partial charge in [-0.25, -0.2) is 0 Å². The van der Waals surface area contributed by atoms with Gasteiger partial charge in [0.05, 0.1) is 5.92 Å². The number of hydrogen-bond donors (Lipinski definition) is 2. The van der Waals surface area contributed by atoms with Crippen molar-refractivity contribution < 1.29 is 4.79 Å². The fraction of sp³-hybridized carbons (Fsp3) is 0.235. The third-order valence-corrected chi connectivity index (χ3v) is 4.52. The van der Waals surface area contributed by atoms with E-state index in [1.807, 2.05) is 43.3 Å². The number of fused-ring (bicyclic) bond motifs is 1. The highest BCUT2D eigenvalue weighted by Gasteiger charge is 2.26. The number of halogens is 1. The number of anilines is 2. The van der Waals surface area contributed by atoms with Crippen LogP contribution in [-0.2, 0) is 4.79 Å². The zero-order chi connectivity index (χ0) is 14.8. The molecule has 1 heterocycles. The molecule has 1 amide bonds. The molecule has 2 aromatic carbocycles. The molecule has 0 saturated carbocycles. The summed E-state index contributed by atoms with van der Waals surface area (Å²) in [7, 11) is 0. The van der Waals surface area contributed by atoms with Gasteiger partial charge in [-0.3, -0.25) is 4.79 Å². The summed E-state index contributed by atoms with van der Waals surface area (Å²) in [6.45, 7) is 2.86. The van der Waals surface area contributed by atoms with Gasteiger partial charge in [-0.1, -0.05) is 18.2 Å². The lowest BCUT2D eigenvalue weighted by atomic mass is 9.90. The van der Waals surface area contributed by atoms with Gasteiger partial charge < -0.3 is 10.6 Å². The fourth-order valence-corrected chi connectivity index (χ4v) is 3.37. The lowest BCUT2D eigenvalue weighted by Gasteiger charge is -2.26. The van der Waals surface area contributed by atoms with E-state index in [-0.39, 0.29) is 11.8 Å². The molecule has 0 saturated heterocycles. The summed E-state index contributed by atoms with van der Waals surface area (Å²) in [5, 5.41) is 6.43. The van der Waals surface area contributed by atoms with E-state index in [1.54, 1.807) is 0 Å². The average molecular weight is 392 g/mol. The monoisotopic (exact) mass is 392 g/mol. The minimum atomic E-state index is -0.0823. The van der Waals surface area contributed by atoms with Crippen LogP contribution >= 0.6 is 22.6 Å². The third-order valence-electron chi connectivity index (χ3n) is 3.85. The largest absolute Gasteiger partial charge is 0.385 e. The predicted octanol–water partition coefficient (Wildman–Crippen LogP) is 4.14. The quantitative estimate of drug-likeness (QED) is 0.755. The van der Waals surface area contributed by atoms with Crippen LogP contribution in [0.15, 0.2) is 42.5 Å². The molecule has 2 aromatic rings. The Balaban J connectivity index is 1.83. The summed E-state index contributed by atoms with van der Waals surface area (Å²) in [6, 6.07) is 14.1. The molecule has 0 bridgehead atoms. The molecule has 108 valence electrons. The van der Waals surface area contributed by atoms with Crippen molar-refractivity contribution in [2.75, 3.05) is 17.2 Å². The zero-order valence-electron chi connectivity index (χ0n) is 11.8. The van der Waals surface area contributed by atoms with Crippen molar-refractivity contribution in [3.8, 4) is 0 Å². The molecule has 3 nitrogen and oxygen atoms in total. The molecule has 2 N–H and O–H groups in total. The van der Waals surface area contributed by atoms with Gasteiger partial charge in [-0.15, -0.1) is 0 Å². The highest BCUT2D eigenvalue weighted by molar-refractivity contribution is 14.1. The van der Waals surface area contributed by atoms with Crippen molar-refractivity contribution in [3.05, 3.63) is 57.2 Å². The summed E-state index contributed by atoms with van der Waals surface area (Å²) < 4.78 is 1.18. The van der Waals surface area contributed by atoms with Gasteiger partial charge in [0, 0.05) is 21.5 Å². The molecule has 4 heteroatoms. The molecule has 1 atom stereocenters. The molecule has 0 aromatic heterocycles. The third kappa shape index (κ3) is 3.05. The Bertz CT molecular complexity index is 684. The van der Waals surface area contributed by atoms with Crippen LogP contribution in [0.1, 0.15) is 23.5 Å². The van der Waals surface area contributed by atoms with Crippen molar-refractivity contribution in [2.24, 2.45) is 0 Å². The van der Waals surface area contributed by atoms with Crippen LogP contribution in [0.2, 0.25) is 0 Å². The van der Waals surface area contributed by atoms with Gasteiger partial charge in [0.25, 0.3) is 0 Å². The molecule has 1 aliphatic heterocycles. The highest BCUT2D eigenvalue weighted by Crippen LogP contribution is 2.32. The van der Waals surface area contributed by atoms with Crippen molar-refractivity contribution in [2.45, 2.75) is 19.3 Å². The van der Waals surface area contributed by atoms with E-state index in [9.17, 15) is 4.79 Å². The molecule has 0 fully saturated rings. The van der Waals surface area contributed by atoms with Gasteiger partial charge in [0.2, 0.25) is 5.91 Å². The van der Waals surface area contributed by atoms with Gasteiger partial charge in [0.15, 0.2) is 0 Å². The fourth-order valence-electron chi connectivity index (χ4n) is 2.73. The lowest BCUT2D eigenvalue weighted by molar-refractivity contribution is -0.117. The average Bonchev–Trinajstić information content (AvgIpc) is 2.49. The summed E-state index contributed by atoms with van der Waals surface area (Å²) in [6.07, 6.45) is 0.826. The van der Waals surface area contributed by atoms with E-state index < -0.39 is 0 Å². The second-order valence-corrected chi connectivity index (χ2v) is 6.55. The van der Waals surface area contributed by atoms with Crippen LogP contribution in [0, 0.1) is 10.5 Å². The molecule has 21 heavy (non-hydrogen) atoms. The Hall–Kier alpha value is -1.56. The van der Waals surface area contributed by atoms with E-state index in [2.05, 4.69) is 39.3 Å². The number of para-hydroxylation sites is 1. The standard InChI is InChI=1S/C17H17IN2O/c1-11-10-12(18)6-7-15(11)20-17(21)14-8-9-19-16-5-3-2-4-13(14)16/h2-7,10,14,19H,8-9H2,1H3,(H,20,21). The molecule has 0 aliphatic carbocycles. The van der Waals surface area contributed by atoms with E-state index in [0.29, 0.717) is 0 Å². The van der Waals surface area contributed by atoms with Gasteiger partial charge in [-0.05, 0) is 71.3 Å². The number of amides is 1. The molecule has 0 spiro atoms. The molecule has 1 aliphatic rings. The lowest BCUT2D eigenvalue weighted by Crippen LogP contribution is -2.27. The Morgan fingerprint density at radius 1 is 1.29 bits per heavy atom. The van der Waals surface area contributed by atoms with Gasteiger partial charge in [0.1, 0.15) is 0 Å². The first-order valence-electron chi connectivity index (χ1n) is 7.05. The number of carbonyl (C=O) groups excluding carboxylic acids is 1. The smallest absolute Gasteiger partial charge is 0.232 e. The van der Waals surface area contributed by atoms with E-state index in [4.69, 9.17) is 0 Å². The van der Waals surface area contributed by atoms with Crippen molar-refractivity contribution in [1.29, 1.82) is 0 Å². The van der Waals surface area contributed by atoms with Gasteiger partial charge in [-0.2, -0.15) is 0 Å². The first-order valence-corrected chi connectivity index (χ1v) is 8.13. The number of benzene rings is 2. The minimum absolute atomic E-state index is 0.0771.